The Morgan fingerprint density at radius 1 is 0.774 bits per heavy atom. The molecule has 0 amide bonds. The zero-order valence-electron chi connectivity index (χ0n) is 16.2. The van der Waals surface area contributed by atoms with E-state index in [-0.39, 0.29) is 11.1 Å². The lowest BCUT2D eigenvalue weighted by molar-refractivity contribution is -0.231. The second kappa shape index (κ2) is 9.85. The Morgan fingerprint density at radius 3 is 1.94 bits per heavy atom. The molecule has 1 aromatic rings. The monoisotopic (exact) mass is 444 g/mol. The molecule has 1 aromatic carbocycles. The molecule has 0 spiro atoms. The first kappa shape index (κ1) is 24.0. The number of aliphatic hydroxyl groups excluding tert-OH is 8. The minimum atomic E-state index is -1.61. The van der Waals surface area contributed by atoms with Crippen LogP contribution in [-0.4, -0.2) is 109 Å². The highest BCUT2D eigenvalue weighted by molar-refractivity contribution is 5.39. The van der Waals surface area contributed by atoms with Gasteiger partial charge in [-0.15, -0.1) is 0 Å². The molecule has 2 aliphatic heterocycles. The van der Waals surface area contributed by atoms with E-state index >= 15 is 0 Å². The van der Waals surface area contributed by atoms with Crippen LogP contribution >= 0.6 is 0 Å². The molecule has 2 aliphatic rings. The molecule has 10 nitrogen and oxygen atoms in total. The molecule has 2 saturated heterocycles. The van der Waals surface area contributed by atoms with Crippen molar-refractivity contribution >= 4 is 0 Å². The molecular weight excluding hydrogens is 419 g/mol. The van der Waals surface area contributed by atoms with Gasteiger partial charge in [0, 0.05) is 0 Å². The number of hydrogen-bond donors (Lipinski definition) is 8. The van der Waals surface area contributed by atoms with Gasteiger partial charge in [-0.05, 0) is 17.7 Å². The smallest absolute Gasteiger partial charge is 0.147 e. The van der Waals surface area contributed by atoms with Crippen molar-refractivity contribution in [1.82, 2.24) is 0 Å². The van der Waals surface area contributed by atoms with Crippen molar-refractivity contribution in [2.45, 2.75) is 61.0 Å². The van der Waals surface area contributed by atoms with Gasteiger partial charge < -0.3 is 50.3 Å². The molecule has 31 heavy (non-hydrogen) atoms. The summed E-state index contributed by atoms with van der Waals surface area (Å²) in [5, 5.41) is 77.9. The van der Waals surface area contributed by atoms with Gasteiger partial charge in [-0.25, -0.2) is 4.39 Å². The number of hydrogen-bond acceptors (Lipinski definition) is 10. The van der Waals surface area contributed by atoms with Gasteiger partial charge in [0.15, 0.2) is 0 Å². The van der Waals surface area contributed by atoms with E-state index in [4.69, 9.17) is 9.47 Å². The summed E-state index contributed by atoms with van der Waals surface area (Å²) in [4.78, 5) is 0. The molecule has 10 atom stereocenters. The van der Waals surface area contributed by atoms with Crippen molar-refractivity contribution in [1.29, 1.82) is 0 Å². The van der Waals surface area contributed by atoms with Crippen molar-refractivity contribution < 1.29 is 54.7 Å². The molecule has 3 rings (SSSR count). The van der Waals surface area contributed by atoms with Crippen LogP contribution in [-0.2, 0) is 9.47 Å². The number of aliphatic hydroxyl groups is 8. The molecule has 0 aliphatic carbocycles. The molecule has 2 heterocycles. The first-order chi connectivity index (χ1) is 14.7. The van der Waals surface area contributed by atoms with Gasteiger partial charge in [0.1, 0.15) is 66.9 Å². The summed E-state index contributed by atoms with van der Waals surface area (Å²) in [6.07, 6.45) is -14.2. The predicted octanol–water partition coefficient (Wildman–Crippen LogP) is -3.47. The summed E-state index contributed by atoms with van der Waals surface area (Å²) in [6.45, 7) is -1.24. The quantitative estimate of drug-likeness (QED) is 0.218. The average Bonchev–Trinajstić information content (AvgIpc) is 2.76. The third-order valence-corrected chi connectivity index (χ3v) is 5.46. The van der Waals surface area contributed by atoms with Gasteiger partial charge in [-0.2, -0.15) is 0 Å². The summed E-state index contributed by atoms with van der Waals surface area (Å²) < 4.78 is 25.2. The highest BCUT2D eigenvalue weighted by Crippen LogP contribution is 2.33. The second-order valence-corrected chi connectivity index (χ2v) is 7.51. The second-order valence-electron chi connectivity index (χ2n) is 7.51. The Balaban J connectivity index is 1.79. The normalized spacial score (nSPS) is 40.8. The average molecular weight is 444 g/mol. The minimum Gasteiger partial charge on any atom is -0.394 e. The maximum absolute atomic E-state index is 14.6. The first-order valence-corrected chi connectivity index (χ1v) is 9.61. The summed E-state index contributed by atoms with van der Waals surface area (Å²) in [6, 6.07) is 3.63. The third-order valence-electron chi connectivity index (χ3n) is 5.46. The van der Waals surface area contributed by atoms with Crippen LogP contribution in [0.2, 0.25) is 0 Å². The number of benzene rings is 1. The van der Waals surface area contributed by atoms with Gasteiger partial charge in [-0.3, -0.25) is 0 Å². The molecule has 11 heteroatoms. The summed E-state index contributed by atoms with van der Waals surface area (Å²) >= 11 is 0. The fraction of sp³-hybridized carbons (Fsp3) is 0.600. The number of rotatable bonds is 3. The van der Waals surface area contributed by atoms with E-state index in [2.05, 4.69) is 11.8 Å². The maximum Gasteiger partial charge on any atom is 0.147 e. The Kier molecular flexibility index (Phi) is 7.61. The van der Waals surface area contributed by atoms with Gasteiger partial charge in [0.2, 0.25) is 0 Å². The highest BCUT2D eigenvalue weighted by Gasteiger charge is 2.44. The van der Waals surface area contributed by atoms with Crippen LogP contribution in [0.3, 0.4) is 0 Å². The number of halogens is 1. The van der Waals surface area contributed by atoms with E-state index in [0.717, 1.165) is 6.07 Å². The van der Waals surface area contributed by atoms with Gasteiger partial charge >= 0.3 is 0 Å². The molecule has 0 bridgehead atoms. The largest absolute Gasteiger partial charge is 0.394 e. The molecule has 0 aromatic heterocycles. The minimum absolute atomic E-state index is 0.120. The van der Waals surface area contributed by atoms with Crippen LogP contribution in [0.4, 0.5) is 4.39 Å². The molecule has 8 N–H and O–H groups in total. The highest BCUT2D eigenvalue weighted by atomic mass is 19.1. The van der Waals surface area contributed by atoms with Crippen molar-refractivity contribution in [2.24, 2.45) is 0 Å². The summed E-state index contributed by atoms with van der Waals surface area (Å²) in [7, 11) is 0. The lowest BCUT2D eigenvalue weighted by Crippen LogP contribution is -2.58. The predicted molar refractivity (Wildman–Crippen MR) is 99.8 cm³/mol. The standard InChI is InChI=1S/C20H25FO10/c21-10-5-9(20-19(29)18(28)16(26)13(7-23)31-20)2-1-8(10)3-4-11-14(24)17(27)15(25)12(6-22)30-11/h1-2,5,11-20,22-29H,6-7H2/t11-,12-,13-,14-,15-,16-,17-,18?,19+,20-/m1/s1. The van der Waals surface area contributed by atoms with Crippen LogP contribution in [0.25, 0.3) is 0 Å². The van der Waals surface area contributed by atoms with Crippen molar-refractivity contribution in [3.05, 3.63) is 35.1 Å². The molecule has 172 valence electrons. The van der Waals surface area contributed by atoms with Crippen molar-refractivity contribution in [3.8, 4) is 11.8 Å². The van der Waals surface area contributed by atoms with Crippen LogP contribution < -0.4 is 0 Å². The lowest BCUT2D eigenvalue weighted by atomic mass is 9.91. The number of ether oxygens (including phenoxy) is 2. The lowest BCUT2D eigenvalue weighted by Gasteiger charge is -2.40. The molecule has 0 saturated carbocycles. The van der Waals surface area contributed by atoms with Crippen LogP contribution in [0.15, 0.2) is 18.2 Å². The van der Waals surface area contributed by atoms with Crippen LogP contribution in [0.5, 0.6) is 0 Å². The molecular formula is C20H25FO10. The van der Waals surface area contributed by atoms with E-state index in [1.807, 2.05) is 0 Å². The van der Waals surface area contributed by atoms with Gasteiger partial charge in [0.05, 0.1) is 18.8 Å². The van der Waals surface area contributed by atoms with Crippen molar-refractivity contribution in [3.63, 3.8) is 0 Å². The zero-order chi connectivity index (χ0) is 22.9. The Bertz CT molecular complexity index is 822. The van der Waals surface area contributed by atoms with E-state index in [1.54, 1.807) is 0 Å². The van der Waals surface area contributed by atoms with Gasteiger partial charge in [-0.1, -0.05) is 17.9 Å². The molecule has 0 radical (unpaired) electrons. The van der Waals surface area contributed by atoms with Crippen LogP contribution in [0, 0.1) is 17.7 Å². The van der Waals surface area contributed by atoms with E-state index < -0.39 is 80.1 Å². The Labute approximate surface area is 176 Å². The van der Waals surface area contributed by atoms with Gasteiger partial charge in [0.25, 0.3) is 0 Å². The Hall–Kier alpha value is -1.69. The molecule has 1 unspecified atom stereocenters. The van der Waals surface area contributed by atoms with Crippen LogP contribution in [0.1, 0.15) is 17.2 Å². The summed E-state index contributed by atoms with van der Waals surface area (Å²) in [5.41, 5.74) is 0.0121. The first-order valence-electron chi connectivity index (χ1n) is 9.61. The fourth-order valence-electron chi connectivity index (χ4n) is 3.56. The zero-order valence-corrected chi connectivity index (χ0v) is 16.2. The SMILES string of the molecule is OC[C@H]1O[C@H](C#Cc2ccc([C@H]3O[C@H](CO)[C@@H](O)C(O)[C@@H]3O)cc2F)[C@@H](O)[C@@H](O)[C@@H]1O. The topological polar surface area (TPSA) is 180 Å². The third kappa shape index (κ3) is 4.74. The van der Waals surface area contributed by atoms with E-state index in [9.17, 15) is 45.2 Å². The summed E-state index contributed by atoms with van der Waals surface area (Å²) in [5.74, 6) is 4.08. The molecule has 2 fully saturated rings. The van der Waals surface area contributed by atoms with E-state index in [0.29, 0.717) is 0 Å². The Morgan fingerprint density at radius 2 is 1.35 bits per heavy atom. The fourth-order valence-corrected chi connectivity index (χ4v) is 3.56. The maximum atomic E-state index is 14.6. The van der Waals surface area contributed by atoms with Crippen molar-refractivity contribution in [2.75, 3.05) is 13.2 Å². The van der Waals surface area contributed by atoms with E-state index in [1.165, 1.54) is 12.1 Å².